The van der Waals surface area contributed by atoms with Gasteiger partial charge < -0.3 is 16.0 Å². The van der Waals surface area contributed by atoms with Crippen LogP contribution in [0.4, 0.5) is 10.1 Å². The standard InChI is InChI=1S/C21H25FN6OS.ClH/c22-11-16(12-23)13-28-21(29)27(15-25-28)14-19-5-6-20(30-19)17-1-3-18(4-2-17)26-9-7-24-8-10-26;/h1-6,11,15,24H,7-10,12-14,23H2;1H/b16-11+;. The summed E-state index contributed by atoms with van der Waals surface area (Å²) in [6, 6.07) is 12.7. The molecule has 0 radical (unpaired) electrons. The van der Waals surface area contributed by atoms with Gasteiger partial charge in [0.2, 0.25) is 0 Å². The summed E-state index contributed by atoms with van der Waals surface area (Å²) < 4.78 is 15.5. The second-order valence-corrected chi connectivity index (χ2v) is 8.39. The molecule has 1 saturated heterocycles. The molecule has 1 fully saturated rings. The Kier molecular flexibility index (Phi) is 8.03. The molecule has 3 aromatic rings. The van der Waals surface area contributed by atoms with Crippen LogP contribution in [0, 0.1) is 0 Å². The Morgan fingerprint density at radius 3 is 2.61 bits per heavy atom. The molecule has 0 bridgehead atoms. The van der Waals surface area contributed by atoms with Crippen molar-refractivity contribution in [2.24, 2.45) is 5.73 Å². The molecular formula is C21H26ClFN6OS. The molecule has 31 heavy (non-hydrogen) atoms. The molecule has 10 heteroatoms. The van der Waals surface area contributed by atoms with Crippen molar-refractivity contribution in [3.05, 3.63) is 70.0 Å². The number of anilines is 1. The predicted molar refractivity (Wildman–Crippen MR) is 126 cm³/mol. The van der Waals surface area contributed by atoms with Crippen molar-refractivity contribution < 1.29 is 4.39 Å². The fourth-order valence-corrected chi connectivity index (χ4v) is 4.48. The summed E-state index contributed by atoms with van der Waals surface area (Å²) in [6.07, 6.45) is 1.92. The van der Waals surface area contributed by atoms with Crippen LogP contribution in [-0.2, 0) is 13.1 Å². The van der Waals surface area contributed by atoms with E-state index in [-0.39, 0.29) is 31.2 Å². The average molecular weight is 465 g/mol. The van der Waals surface area contributed by atoms with Crippen molar-refractivity contribution in [2.45, 2.75) is 13.1 Å². The van der Waals surface area contributed by atoms with Crippen LogP contribution in [0.15, 0.2) is 59.4 Å². The molecule has 0 aliphatic carbocycles. The molecule has 4 rings (SSSR count). The lowest BCUT2D eigenvalue weighted by Crippen LogP contribution is -2.43. The second-order valence-electron chi connectivity index (χ2n) is 7.22. The average Bonchev–Trinajstić information content (AvgIpc) is 3.40. The largest absolute Gasteiger partial charge is 0.369 e. The lowest BCUT2D eigenvalue weighted by molar-refractivity contribution is 0.589. The Hall–Kier alpha value is -2.46. The molecule has 1 aromatic carbocycles. The van der Waals surface area contributed by atoms with Gasteiger partial charge in [-0.05, 0) is 35.4 Å². The van der Waals surface area contributed by atoms with E-state index in [2.05, 4.69) is 45.6 Å². The van der Waals surface area contributed by atoms with E-state index in [1.807, 2.05) is 6.07 Å². The summed E-state index contributed by atoms with van der Waals surface area (Å²) in [5, 5.41) is 7.44. The zero-order valence-electron chi connectivity index (χ0n) is 17.0. The van der Waals surface area contributed by atoms with Gasteiger partial charge in [0.15, 0.2) is 0 Å². The van der Waals surface area contributed by atoms with Crippen LogP contribution in [0.5, 0.6) is 0 Å². The van der Waals surface area contributed by atoms with Gasteiger partial charge in [0.05, 0.1) is 19.4 Å². The summed E-state index contributed by atoms with van der Waals surface area (Å²) in [4.78, 5) is 17.1. The Morgan fingerprint density at radius 2 is 1.94 bits per heavy atom. The first-order valence-corrected chi connectivity index (χ1v) is 10.7. The van der Waals surface area contributed by atoms with Crippen molar-refractivity contribution in [1.29, 1.82) is 0 Å². The van der Waals surface area contributed by atoms with Crippen molar-refractivity contribution >= 4 is 29.4 Å². The number of nitrogens with one attached hydrogen (secondary N) is 1. The summed E-state index contributed by atoms with van der Waals surface area (Å²) in [5.74, 6) is 0. The van der Waals surface area contributed by atoms with E-state index in [4.69, 9.17) is 5.73 Å². The van der Waals surface area contributed by atoms with Crippen LogP contribution in [0.25, 0.3) is 10.4 Å². The van der Waals surface area contributed by atoms with Crippen LogP contribution in [-0.4, -0.2) is 47.1 Å². The molecule has 1 aliphatic heterocycles. The molecule has 3 N–H and O–H groups in total. The maximum atomic E-state index is 12.7. The van der Waals surface area contributed by atoms with Crippen LogP contribution in [0.3, 0.4) is 0 Å². The Morgan fingerprint density at radius 1 is 1.19 bits per heavy atom. The van der Waals surface area contributed by atoms with Gasteiger partial charge in [-0.3, -0.25) is 4.57 Å². The third-order valence-corrected chi connectivity index (χ3v) is 6.31. The highest BCUT2D eigenvalue weighted by Crippen LogP contribution is 2.30. The fourth-order valence-electron chi connectivity index (χ4n) is 3.47. The van der Waals surface area contributed by atoms with Gasteiger partial charge >= 0.3 is 5.69 Å². The smallest absolute Gasteiger partial charge is 0.346 e. The first-order valence-electron chi connectivity index (χ1n) is 9.93. The van der Waals surface area contributed by atoms with Crippen molar-refractivity contribution in [3.8, 4) is 10.4 Å². The Labute approximate surface area is 190 Å². The van der Waals surface area contributed by atoms with Crippen LogP contribution >= 0.6 is 23.7 Å². The van der Waals surface area contributed by atoms with Gasteiger partial charge in [-0.15, -0.1) is 23.7 Å². The van der Waals surface area contributed by atoms with E-state index in [1.54, 1.807) is 11.3 Å². The van der Waals surface area contributed by atoms with Crippen molar-refractivity contribution in [2.75, 3.05) is 37.6 Å². The molecule has 0 saturated carbocycles. The molecule has 166 valence electrons. The summed E-state index contributed by atoms with van der Waals surface area (Å²) >= 11 is 1.65. The molecule has 0 amide bonds. The van der Waals surface area contributed by atoms with E-state index in [0.29, 0.717) is 18.4 Å². The third kappa shape index (κ3) is 5.43. The molecule has 0 unspecified atom stereocenters. The van der Waals surface area contributed by atoms with Crippen LogP contribution in [0.1, 0.15) is 4.88 Å². The molecule has 7 nitrogen and oxygen atoms in total. The highest BCUT2D eigenvalue weighted by atomic mass is 35.5. The number of halogens is 2. The molecule has 3 heterocycles. The molecular weight excluding hydrogens is 439 g/mol. The van der Waals surface area contributed by atoms with Gasteiger partial charge in [-0.25, -0.2) is 13.9 Å². The number of hydrogen-bond donors (Lipinski definition) is 2. The Bertz CT molecular complexity index is 1070. The van der Waals surface area contributed by atoms with Gasteiger partial charge in [0.25, 0.3) is 0 Å². The fraction of sp³-hybridized carbons (Fsp3) is 0.333. The van der Waals surface area contributed by atoms with E-state index < -0.39 is 0 Å². The SMILES string of the molecule is Cl.NC/C(=C\F)Cn1ncn(Cc2ccc(-c3ccc(N4CCNCC4)cc3)s2)c1=O. The minimum Gasteiger partial charge on any atom is -0.369 e. The summed E-state index contributed by atoms with van der Waals surface area (Å²) in [6.45, 7) is 4.63. The van der Waals surface area contributed by atoms with E-state index in [1.165, 1.54) is 21.3 Å². The minimum atomic E-state index is -0.280. The van der Waals surface area contributed by atoms with E-state index in [0.717, 1.165) is 41.5 Å². The zero-order chi connectivity index (χ0) is 20.9. The number of benzene rings is 1. The predicted octanol–water partition coefficient (Wildman–Crippen LogP) is 2.47. The van der Waals surface area contributed by atoms with Gasteiger partial charge in [0.1, 0.15) is 6.33 Å². The zero-order valence-corrected chi connectivity index (χ0v) is 18.7. The number of piperazine rings is 1. The van der Waals surface area contributed by atoms with Crippen LogP contribution in [0.2, 0.25) is 0 Å². The monoisotopic (exact) mass is 464 g/mol. The maximum Gasteiger partial charge on any atom is 0.346 e. The number of nitrogens with zero attached hydrogens (tertiary/aromatic N) is 4. The molecule has 0 atom stereocenters. The number of rotatable bonds is 7. The van der Waals surface area contributed by atoms with Crippen molar-refractivity contribution in [3.63, 3.8) is 0 Å². The molecule has 1 aliphatic rings. The topological polar surface area (TPSA) is 81.1 Å². The summed E-state index contributed by atoms with van der Waals surface area (Å²) in [7, 11) is 0. The molecule has 2 aromatic heterocycles. The lowest BCUT2D eigenvalue weighted by atomic mass is 10.1. The maximum absolute atomic E-state index is 12.7. The number of thiophene rings is 1. The minimum absolute atomic E-state index is 0. The normalized spacial score (nSPS) is 14.5. The first kappa shape index (κ1) is 23.2. The number of nitrogens with two attached hydrogens (primary N) is 1. The van der Waals surface area contributed by atoms with E-state index in [9.17, 15) is 9.18 Å². The summed E-state index contributed by atoms with van der Waals surface area (Å²) in [5.41, 5.74) is 7.91. The highest BCUT2D eigenvalue weighted by Gasteiger charge is 2.12. The number of hydrogen-bond acceptors (Lipinski definition) is 6. The lowest BCUT2D eigenvalue weighted by Gasteiger charge is -2.29. The van der Waals surface area contributed by atoms with Gasteiger partial charge in [-0.2, -0.15) is 5.10 Å². The van der Waals surface area contributed by atoms with Crippen LogP contribution < -0.4 is 21.6 Å². The van der Waals surface area contributed by atoms with Gasteiger partial charge in [0, 0.05) is 48.2 Å². The van der Waals surface area contributed by atoms with Crippen molar-refractivity contribution in [1.82, 2.24) is 19.7 Å². The quantitative estimate of drug-likeness (QED) is 0.561. The Balaban J connectivity index is 0.00000272. The highest BCUT2D eigenvalue weighted by molar-refractivity contribution is 7.15. The number of aromatic nitrogens is 3. The molecule has 0 spiro atoms. The third-order valence-electron chi connectivity index (χ3n) is 5.19. The van der Waals surface area contributed by atoms with E-state index >= 15 is 0 Å². The second kappa shape index (κ2) is 10.7. The van der Waals surface area contributed by atoms with Gasteiger partial charge in [-0.1, -0.05) is 12.1 Å². The first-order chi connectivity index (χ1) is 14.7.